The van der Waals surface area contributed by atoms with Gasteiger partial charge in [0.1, 0.15) is 6.04 Å². The number of ether oxygens (including phenoxy) is 2. The highest BCUT2D eigenvalue weighted by molar-refractivity contribution is 4.82. The van der Waals surface area contributed by atoms with Crippen LogP contribution in [0.25, 0.3) is 0 Å². The van der Waals surface area contributed by atoms with Gasteiger partial charge in [0.25, 0.3) is 0 Å². The fraction of sp³-hybridized carbons (Fsp3) is 1.00. The molecule has 1 saturated heterocycles. The van der Waals surface area contributed by atoms with Crippen LogP contribution in [0.1, 0.15) is 13.8 Å². The molecule has 1 aliphatic rings. The minimum Gasteiger partial charge on any atom is -0.349 e. The summed E-state index contributed by atoms with van der Waals surface area (Å²) in [5.74, 6) is -0.656. The van der Waals surface area contributed by atoms with Gasteiger partial charge in [-0.05, 0) is 13.8 Å². The van der Waals surface area contributed by atoms with Crippen LogP contribution >= 0.6 is 0 Å². The standard InChI is InChI=1S/C7H14N2O3/c1-7(2)11-3-5(8)6(9-10)4-12-7/h5-6H,3-4,8H2,1-2H3. The summed E-state index contributed by atoms with van der Waals surface area (Å²) in [4.78, 5) is 10.3. The van der Waals surface area contributed by atoms with Crippen molar-refractivity contribution >= 4 is 0 Å². The number of rotatable bonds is 1. The van der Waals surface area contributed by atoms with Crippen LogP contribution in [0.4, 0.5) is 0 Å². The molecule has 2 N–H and O–H groups in total. The molecule has 0 saturated carbocycles. The Morgan fingerprint density at radius 1 is 1.42 bits per heavy atom. The maximum atomic E-state index is 10.3. The van der Waals surface area contributed by atoms with Gasteiger partial charge < -0.3 is 15.2 Å². The molecule has 2 atom stereocenters. The smallest absolute Gasteiger partial charge is 0.162 e. The van der Waals surface area contributed by atoms with Crippen molar-refractivity contribution in [1.82, 2.24) is 0 Å². The van der Waals surface area contributed by atoms with Gasteiger partial charge in [0.15, 0.2) is 5.79 Å². The Kier molecular flexibility index (Phi) is 2.76. The first-order valence-corrected chi connectivity index (χ1v) is 3.91. The van der Waals surface area contributed by atoms with E-state index in [1.165, 1.54) is 0 Å². The Labute approximate surface area is 71.2 Å². The molecule has 5 nitrogen and oxygen atoms in total. The molecular weight excluding hydrogens is 160 g/mol. The molecule has 2 unspecified atom stereocenters. The van der Waals surface area contributed by atoms with Gasteiger partial charge >= 0.3 is 0 Å². The minimum absolute atomic E-state index is 0.234. The average molecular weight is 174 g/mol. The van der Waals surface area contributed by atoms with Crippen molar-refractivity contribution in [2.45, 2.75) is 31.7 Å². The summed E-state index contributed by atoms with van der Waals surface area (Å²) < 4.78 is 10.6. The highest BCUT2D eigenvalue weighted by Crippen LogP contribution is 2.17. The lowest BCUT2D eigenvalue weighted by Gasteiger charge is -2.22. The molecule has 0 aromatic rings. The van der Waals surface area contributed by atoms with Crippen molar-refractivity contribution in [3.8, 4) is 0 Å². The number of nitrogens with zero attached hydrogens (tertiary/aromatic N) is 1. The van der Waals surface area contributed by atoms with E-state index >= 15 is 0 Å². The monoisotopic (exact) mass is 174 g/mol. The summed E-state index contributed by atoms with van der Waals surface area (Å²) in [5, 5.41) is 2.87. The quantitative estimate of drug-likeness (QED) is 0.577. The Bertz CT molecular complexity index is 172. The second-order valence-electron chi connectivity index (χ2n) is 3.36. The highest BCUT2D eigenvalue weighted by Gasteiger charge is 2.30. The van der Waals surface area contributed by atoms with Crippen molar-refractivity contribution < 1.29 is 9.47 Å². The Balaban J connectivity index is 2.58. The number of hydrogen-bond acceptors (Lipinski definition) is 5. The molecule has 1 fully saturated rings. The molecule has 1 aliphatic heterocycles. The average Bonchev–Trinajstić information content (AvgIpc) is 2.13. The zero-order chi connectivity index (χ0) is 9.19. The summed E-state index contributed by atoms with van der Waals surface area (Å²) in [6.45, 7) is 4.11. The lowest BCUT2D eigenvalue weighted by Crippen LogP contribution is -2.38. The van der Waals surface area contributed by atoms with Gasteiger partial charge in [0.05, 0.1) is 19.3 Å². The normalized spacial score (nSPS) is 35.6. The molecule has 70 valence electrons. The predicted molar refractivity (Wildman–Crippen MR) is 43.5 cm³/mol. The van der Waals surface area contributed by atoms with Gasteiger partial charge in [-0.3, -0.25) is 0 Å². The molecule has 0 amide bonds. The lowest BCUT2D eigenvalue weighted by molar-refractivity contribution is -0.200. The van der Waals surface area contributed by atoms with Crippen molar-refractivity contribution in [2.75, 3.05) is 13.2 Å². The maximum absolute atomic E-state index is 10.3. The van der Waals surface area contributed by atoms with Crippen molar-refractivity contribution in [3.63, 3.8) is 0 Å². The molecule has 0 aromatic carbocycles. The third-order valence-corrected chi connectivity index (χ3v) is 1.85. The number of hydrogen-bond donors (Lipinski definition) is 1. The van der Waals surface area contributed by atoms with Crippen LogP contribution in [0.5, 0.6) is 0 Å². The van der Waals surface area contributed by atoms with Crippen LogP contribution in [0.3, 0.4) is 0 Å². The van der Waals surface area contributed by atoms with Gasteiger partial charge in [0.2, 0.25) is 0 Å². The highest BCUT2D eigenvalue weighted by atomic mass is 16.7. The van der Waals surface area contributed by atoms with Gasteiger partial charge in [-0.15, -0.1) is 0 Å². The molecular formula is C7H14N2O3. The van der Waals surface area contributed by atoms with E-state index in [1.807, 2.05) is 0 Å². The molecule has 0 bridgehead atoms. The van der Waals surface area contributed by atoms with Crippen LogP contribution in [-0.2, 0) is 9.47 Å². The largest absolute Gasteiger partial charge is 0.349 e. The van der Waals surface area contributed by atoms with Gasteiger partial charge in [-0.25, -0.2) is 0 Å². The number of nitroso groups, excluding NO2 is 1. The van der Waals surface area contributed by atoms with Crippen molar-refractivity contribution in [2.24, 2.45) is 10.9 Å². The topological polar surface area (TPSA) is 73.9 Å². The van der Waals surface area contributed by atoms with Crippen LogP contribution in [-0.4, -0.2) is 31.1 Å². The molecule has 1 heterocycles. The first-order valence-electron chi connectivity index (χ1n) is 3.91. The van der Waals surface area contributed by atoms with Crippen molar-refractivity contribution in [1.29, 1.82) is 0 Å². The van der Waals surface area contributed by atoms with E-state index < -0.39 is 11.8 Å². The van der Waals surface area contributed by atoms with Crippen LogP contribution in [0.15, 0.2) is 5.18 Å². The van der Waals surface area contributed by atoms with Crippen LogP contribution in [0.2, 0.25) is 0 Å². The number of nitrogens with two attached hydrogens (primary N) is 1. The third-order valence-electron chi connectivity index (χ3n) is 1.85. The Hall–Kier alpha value is -0.520. The zero-order valence-corrected chi connectivity index (χ0v) is 7.32. The fourth-order valence-corrected chi connectivity index (χ4v) is 0.968. The fourth-order valence-electron chi connectivity index (χ4n) is 0.968. The summed E-state index contributed by atoms with van der Waals surface area (Å²) >= 11 is 0. The van der Waals surface area contributed by atoms with Crippen LogP contribution < -0.4 is 5.73 Å². The molecule has 12 heavy (non-hydrogen) atoms. The minimum atomic E-state index is -0.656. The van der Waals surface area contributed by atoms with E-state index in [-0.39, 0.29) is 12.6 Å². The first-order chi connectivity index (χ1) is 5.55. The van der Waals surface area contributed by atoms with E-state index in [4.69, 9.17) is 15.2 Å². The maximum Gasteiger partial charge on any atom is 0.162 e. The second-order valence-corrected chi connectivity index (χ2v) is 3.36. The van der Waals surface area contributed by atoms with E-state index in [0.29, 0.717) is 6.61 Å². The van der Waals surface area contributed by atoms with E-state index in [1.54, 1.807) is 13.8 Å². The SMILES string of the molecule is CC1(C)OCC(N)C(N=O)CO1. The summed E-state index contributed by atoms with van der Waals surface area (Å²) in [5.41, 5.74) is 5.61. The third kappa shape index (κ3) is 2.23. The van der Waals surface area contributed by atoms with Gasteiger partial charge in [0, 0.05) is 0 Å². The van der Waals surface area contributed by atoms with E-state index in [2.05, 4.69) is 5.18 Å². The summed E-state index contributed by atoms with van der Waals surface area (Å²) in [6, 6.07) is -0.851. The van der Waals surface area contributed by atoms with E-state index in [9.17, 15) is 4.91 Å². The Morgan fingerprint density at radius 2 is 2.00 bits per heavy atom. The Morgan fingerprint density at radius 3 is 2.58 bits per heavy atom. The predicted octanol–water partition coefficient (Wildman–Crippen LogP) is 0.232. The molecule has 1 rings (SSSR count). The van der Waals surface area contributed by atoms with Gasteiger partial charge in [-0.2, -0.15) is 4.91 Å². The van der Waals surface area contributed by atoms with Crippen LogP contribution in [0, 0.1) is 4.91 Å². The van der Waals surface area contributed by atoms with Gasteiger partial charge in [-0.1, -0.05) is 5.18 Å². The second kappa shape index (κ2) is 3.47. The lowest BCUT2D eigenvalue weighted by atomic mass is 10.2. The van der Waals surface area contributed by atoms with Crippen molar-refractivity contribution in [3.05, 3.63) is 4.91 Å². The first kappa shape index (κ1) is 9.57. The molecule has 5 heteroatoms. The van der Waals surface area contributed by atoms with E-state index in [0.717, 1.165) is 0 Å². The molecule has 0 aromatic heterocycles. The molecule has 0 radical (unpaired) electrons. The summed E-state index contributed by atoms with van der Waals surface area (Å²) in [6.07, 6.45) is 0. The summed E-state index contributed by atoms with van der Waals surface area (Å²) in [7, 11) is 0. The molecule has 0 spiro atoms. The zero-order valence-electron chi connectivity index (χ0n) is 7.32. The molecule has 0 aliphatic carbocycles.